The minimum Gasteiger partial charge on any atom is -0.354 e. The highest BCUT2D eigenvalue weighted by atomic mass is 16.2. The molecule has 0 aliphatic carbocycles. The fourth-order valence-corrected chi connectivity index (χ4v) is 4.07. The van der Waals surface area contributed by atoms with E-state index in [9.17, 15) is 14.4 Å². The largest absolute Gasteiger partial charge is 0.354 e. The van der Waals surface area contributed by atoms with Crippen LogP contribution in [0.4, 0.5) is 5.95 Å². The summed E-state index contributed by atoms with van der Waals surface area (Å²) in [7, 11) is 0. The van der Waals surface area contributed by atoms with Gasteiger partial charge in [0.15, 0.2) is 0 Å². The van der Waals surface area contributed by atoms with Crippen LogP contribution in [0.5, 0.6) is 0 Å². The van der Waals surface area contributed by atoms with Crippen molar-refractivity contribution in [3.63, 3.8) is 0 Å². The first-order valence-electron chi connectivity index (χ1n) is 10.5. The zero-order valence-electron chi connectivity index (χ0n) is 17.7. The fraction of sp³-hybridized carbons (Fsp3) is 0.409. The molecule has 0 saturated carbocycles. The third-order valence-electron chi connectivity index (χ3n) is 5.64. The van der Waals surface area contributed by atoms with E-state index in [1.54, 1.807) is 18.2 Å². The lowest BCUT2D eigenvalue weighted by atomic mass is 9.96. The van der Waals surface area contributed by atoms with E-state index in [1.807, 2.05) is 26.0 Å². The van der Waals surface area contributed by atoms with Crippen molar-refractivity contribution in [1.82, 2.24) is 24.8 Å². The van der Waals surface area contributed by atoms with Gasteiger partial charge in [0.2, 0.25) is 11.9 Å². The van der Waals surface area contributed by atoms with E-state index in [-0.39, 0.29) is 24.9 Å². The summed E-state index contributed by atoms with van der Waals surface area (Å²) >= 11 is 0. The van der Waals surface area contributed by atoms with Gasteiger partial charge in [0, 0.05) is 43.5 Å². The molecule has 3 aromatic rings. The topological polar surface area (TPSA) is 113 Å². The van der Waals surface area contributed by atoms with Gasteiger partial charge in [-0.3, -0.25) is 14.4 Å². The van der Waals surface area contributed by atoms with Crippen LogP contribution in [0, 0.1) is 19.8 Å². The van der Waals surface area contributed by atoms with Gasteiger partial charge in [-0.25, -0.2) is 9.97 Å². The molecule has 9 heteroatoms. The van der Waals surface area contributed by atoms with E-state index in [0.29, 0.717) is 11.0 Å². The lowest BCUT2D eigenvalue weighted by molar-refractivity contribution is -0.125. The van der Waals surface area contributed by atoms with Crippen molar-refractivity contribution >= 4 is 22.9 Å². The SMILES string of the molecule is Cc1cc(C)nc(N2CCC(C(=O)NCCn3c(=O)c(=O)[nH]c4ccccc43)CC2)n1. The van der Waals surface area contributed by atoms with Crippen LogP contribution < -0.4 is 21.3 Å². The number of hydrogen-bond donors (Lipinski definition) is 2. The highest BCUT2D eigenvalue weighted by molar-refractivity contribution is 5.79. The Bertz CT molecular complexity index is 1200. The van der Waals surface area contributed by atoms with E-state index < -0.39 is 11.1 Å². The Balaban J connectivity index is 1.35. The summed E-state index contributed by atoms with van der Waals surface area (Å²) in [5.41, 5.74) is 1.83. The molecule has 0 bridgehead atoms. The van der Waals surface area contributed by atoms with Crippen molar-refractivity contribution in [2.24, 2.45) is 5.92 Å². The molecule has 0 radical (unpaired) electrons. The third-order valence-corrected chi connectivity index (χ3v) is 5.64. The normalized spacial score (nSPS) is 14.7. The molecule has 4 rings (SSSR count). The van der Waals surface area contributed by atoms with Gasteiger partial charge < -0.3 is 19.8 Å². The highest BCUT2D eigenvalue weighted by Gasteiger charge is 2.26. The van der Waals surface area contributed by atoms with Crippen molar-refractivity contribution in [2.45, 2.75) is 33.2 Å². The van der Waals surface area contributed by atoms with Crippen LogP contribution in [0.2, 0.25) is 0 Å². The van der Waals surface area contributed by atoms with Gasteiger partial charge in [-0.1, -0.05) is 12.1 Å². The number of nitrogens with one attached hydrogen (secondary N) is 2. The van der Waals surface area contributed by atoms with Crippen molar-refractivity contribution in [3.05, 3.63) is 62.4 Å². The molecule has 1 aliphatic heterocycles. The zero-order valence-corrected chi connectivity index (χ0v) is 17.7. The maximum absolute atomic E-state index is 12.6. The molecule has 1 saturated heterocycles. The number of para-hydroxylation sites is 2. The maximum Gasteiger partial charge on any atom is 0.316 e. The van der Waals surface area contributed by atoms with Crippen LogP contribution >= 0.6 is 0 Å². The number of carbonyl (C=O) groups is 1. The van der Waals surface area contributed by atoms with Crippen molar-refractivity contribution < 1.29 is 4.79 Å². The summed E-state index contributed by atoms with van der Waals surface area (Å²) in [6, 6.07) is 9.07. The molecule has 1 aliphatic rings. The first-order chi connectivity index (χ1) is 14.9. The molecule has 1 aromatic carbocycles. The number of aromatic nitrogens is 4. The van der Waals surface area contributed by atoms with Crippen molar-refractivity contribution in [2.75, 3.05) is 24.5 Å². The maximum atomic E-state index is 12.6. The summed E-state index contributed by atoms with van der Waals surface area (Å²) in [4.78, 5) is 50.5. The number of carbonyl (C=O) groups excluding carboxylic acids is 1. The average molecular weight is 422 g/mol. The van der Waals surface area contributed by atoms with Crippen LogP contribution in [0.15, 0.2) is 39.9 Å². The number of aryl methyl sites for hydroxylation is 2. The summed E-state index contributed by atoms with van der Waals surface area (Å²) in [6.45, 7) is 5.87. The molecule has 3 heterocycles. The molecule has 1 amide bonds. The molecular weight excluding hydrogens is 396 g/mol. The van der Waals surface area contributed by atoms with Crippen LogP contribution in [0.25, 0.3) is 11.0 Å². The van der Waals surface area contributed by atoms with E-state index in [0.717, 1.165) is 43.3 Å². The number of piperidine rings is 1. The molecule has 0 unspecified atom stereocenters. The number of rotatable bonds is 5. The summed E-state index contributed by atoms with van der Waals surface area (Å²) in [5.74, 6) is 0.606. The molecule has 9 nitrogen and oxygen atoms in total. The number of nitrogens with zero attached hydrogens (tertiary/aromatic N) is 4. The van der Waals surface area contributed by atoms with Crippen molar-refractivity contribution in [3.8, 4) is 0 Å². The Hall–Kier alpha value is -3.49. The Morgan fingerprint density at radius 3 is 2.52 bits per heavy atom. The standard InChI is InChI=1S/C22H26N6O3/c1-14-13-15(2)25-22(24-14)27-10-7-16(8-11-27)19(29)23-9-12-28-18-6-4-3-5-17(18)26-20(30)21(28)31/h3-6,13,16H,7-12H2,1-2H3,(H,23,29)(H,26,30). The van der Waals surface area contributed by atoms with E-state index in [4.69, 9.17) is 0 Å². The number of benzene rings is 1. The summed E-state index contributed by atoms with van der Waals surface area (Å²) in [6.07, 6.45) is 1.44. The molecule has 0 atom stereocenters. The molecule has 0 spiro atoms. The van der Waals surface area contributed by atoms with Gasteiger partial charge in [-0.2, -0.15) is 0 Å². The Morgan fingerprint density at radius 1 is 1.13 bits per heavy atom. The average Bonchev–Trinajstić information content (AvgIpc) is 2.75. The van der Waals surface area contributed by atoms with Crippen LogP contribution in [0.1, 0.15) is 24.2 Å². The van der Waals surface area contributed by atoms with Gasteiger partial charge in [0.25, 0.3) is 0 Å². The molecule has 1 fully saturated rings. The quantitative estimate of drug-likeness (QED) is 0.596. The van der Waals surface area contributed by atoms with Crippen LogP contribution in [-0.4, -0.2) is 45.1 Å². The van der Waals surface area contributed by atoms with E-state index >= 15 is 0 Å². The van der Waals surface area contributed by atoms with Gasteiger partial charge >= 0.3 is 11.1 Å². The minimum absolute atomic E-state index is 0.0248. The lowest BCUT2D eigenvalue weighted by Gasteiger charge is -2.31. The predicted octanol–water partition coefficient (Wildman–Crippen LogP) is 1.13. The zero-order chi connectivity index (χ0) is 22.0. The minimum atomic E-state index is -0.661. The number of aromatic amines is 1. The summed E-state index contributed by atoms with van der Waals surface area (Å²) in [5, 5.41) is 2.92. The van der Waals surface area contributed by atoms with Gasteiger partial charge in [-0.05, 0) is 44.9 Å². The molecule has 162 valence electrons. The first kappa shape index (κ1) is 20.8. The Labute approximate surface area is 179 Å². The highest BCUT2D eigenvalue weighted by Crippen LogP contribution is 2.21. The molecular formula is C22H26N6O3. The number of anilines is 1. The smallest absolute Gasteiger partial charge is 0.316 e. The van der Waals surface area contributed by atoms with Crippen LogP contribution in [0.3, 0.4) is 0 Å². The second kappa shape index (κ2) is 8.71. The van der Waals surface area contributed by atoms with E-state index in [2.05, 4.69) is 25.2 Å². The molecule has 2 aromatic heterocycles. The number of fused-ring (bicyclic) bond motifs is 1. The first-order valence-corrected chi connectivity index (χ1v) is 10.5. The Morgan fingerprint density at radius 2 is 1.81 bits per heavy atom. The number of amides is 1. The molecule has 31 heavy (non-hydrogen) atoms. The second-order valence-corrected chi connectivity index (χ2v) is 7.93. The lowest BCUT2D eigenvalue weighted by Crippen LogP contribution is -2.43. The molecule has 2 N–H and O–H groups in total. The number of H-pyrrole nitrogens is 1. The second-order valence-electron chi connectivity index (χ2n) is 7.93. The van der Waals surface area contributed by atoms with Gasteiger partial charge in [-0.15, -0.1) is 0 Å². The predicted molar refractivity (Wildman–Crippen MR) is 118 cm³/mol. The number of hydrogen-bond acceptors (Lipinski definition) is 6. The summed E-state index contributed by atoms with van der Waals surface area (Å²) < 4.78 is 1.41. The van der Waals surface area contributed by atoms with Crippen LogP contribution in [-0.2, 0) is 11.3 Å². The monoisotopic (exact) mass is 422 g/mol. The van der Waals surface area contributed by atoms with E-state index in [1.165, 1.54) is 4.57 Å². The Kier molecular flexibility index (Phi) is 5.83. The fourth-order valence-electron chi connectivity index (χ4n) is 4.07. The van der Waals surface area contributed by atoms with Gasteiger partial charge in [0.1, 0.15) is 0 Å². The van der Waals surface area contributed by atoms with Gasteiger partial charge in [0.05, 0.1) is 11.0 Å². The van der Waals surface area contributed by atoms with Crippen molar-refractivity contribution in [1.29, 1.82) is 0 Å². The third kappa shape index (κ3) is 4.50.